The predicted octanol–water partition coefficient (Wildman–Crippen LogP) is 3.53. The zero-order valence-electron chi connectivity index (χ0n) is 8.72. The highest BCUT2D eigenvalue weighted by atomic mass is 15.0. The first-order chi connectivity index (χ1) is 6.80. The third-order valence-corrected chi connectivity index (χ3v) is 3.96. The normalized spacial score (nSPS) is 34.5. The third kappa shape index (κ3) is 1.01. The molecule has 0 amide bonds. The molecule has 3 rings (SSSR count). The quantitative estimate of drug-likeness (QED) is 0.655. The van der Waals surface area contributed by atoms with Crippen LogP contribution in [0.1, 0.15) is 44.1 Å². The Morgan fingerprint density at radius 3 is 3.07 bits per heavy atom. The molecule has 0 spiro atoms. The fourth-order valence-corrected chi connectivity index (χ4v) is 3.20. The van der Waals surface area contributed by atoms with Gasteiger partial charge in [0, 0.05) is 17.1 Å². The van der Waals surface area contributed by atoms with Gasteiger partial charge in [-0.3, -0.25) is 0 Å². The summed E-state index contributed by atoms with van der Waals surface area (Å²) >= 11 is 0. The van der Waals surface area contributed by atoms with Crippen molar-refractivity contribution in [2.75, 3.05) is 5.32 Å². The smallest absolute Gasteiger partial charge is 0.0414 e. The largest absolute Gasteiger partial charge is 0.379 e. The molecule has 0 bridgehead atoms. The molecule has 1 aromatic rings. The molecule has 1 heterocycles. The lowest BCUT2D eigenvalue weighted by atomic mass is 9.73. The van der Waals surface area contributed by atoms with E-state index in [2.05, 4.69) is 36.5 Å². The van der Waals surface area contributed by atoms with E-state index in [4.69, 9.17) is 0 Å². The number of hydrogen-bond acceptors (Lipinski definition) is 1. The van der Waals surface area contributed by atoms with E-state index in [9.17, 15) is 0 Å². The summed E-state index contributed by atoms with van der Waals surface area (Å²) in [7, 11) is 0. The van der Waals surface area contributed by atoms with Crippen LogP contribution in [0.2, 0.25) is 0 Å². The van der Waals surface area contributed by atoms with E-state index < -0.39 is 0 Å². The van der Waals surface area contributed by atoms with Gasteiger partial charge >= 0.3 is 0 Å². The van der Waals surface area contributed by atoms with Crippen LogP contribution >= 0.6 is 0 Å². The topological polar surface area (TPSA) is 12.0 Å². The Morgan fingerprint density at radius 1 is 1.29 bits per heavy atom. The number of nitrogens with one attached hydrogen (secondary N) is 1. The first kappa shape index (κ1) is 8.34. The number of hydrogen-bond donors (Lipinski definition) is 1. The minimum Gasteiger partial charge on any atom is -0.379 e. The van der Waals surface area contributed by atoms with Crippen molar-refractivity contribution in [3.8, 4) is 0 Å². The van der Waals surface area contributed by atoms with Crippen LogP contribution in [0.15, 0.2) is 24.3 Å². The van der Waals surface area contributed by atoms with Gasteiger partial charge in [0.05, 0.1) is 0 Å². The molecule has 1 fully saturated rings. The van der Waals surface area contributed by atoms with Gasteiger partial charge in [0.25, 0.3) is 0 Å². The summed E-state index contributed by atoms with van der Waals surface area (Å²) in [5.41, 5.74) is 3.28. The summed E-state index contributed by atoms with van der Waals surface area (Å²) in [6, 6.07) is 8.82. The minimum absolute atomic E-state index is 0.349. The van der Waals surface area contributed by atoms with Gasteiger partial charge in [-0.05, 0) is 31.4 Å². The Bertz CT molecular complexity index is 358. The van der Waals surface area contributed by atoms with Gasteiger partial charge in [-0.2, -0.15) is 0 Å². The molecule has 1 aromatic carbocycles. The van der Waals surface area contributed by atoms with Gasteiger partial charge in [-0.15, -0.1) is 0 Å². The number of rotatable bonds is 0. The molecule has 1 aliphatic carbocycles. The van der Waals surface area contributed by atoms with Gasteiger partial charge in [0.2, 0.25) is 0 Å². The summed E-state index contributed by atoms with van der Waals surface area (Å²) in [5.74, 6) is 0.757. The van der Waals surface area contributed by atoms with Crippen LogP contribution in [-0.4, -0.2) is 5.54 Å². The molecule has 1 nitrogen and oxygen atoms in total. The van der Waals surface area contributed by atoms with Crippen LogP contribution in [0.3, 0.4) is 0 Å². The van der Waals surface area contributed by atoms with E-state index in [0.717, 1.165) is 5.92 Å². The lowest BCUT2D eigenvalue weighted by Gasteiger charge is -2.36. The highest BCUT2D eigenvalue weighted by Gasteiger charge is 2.42. The van der Waals surface area contributed by atoms with Crippen molar-refractivity contribution in [3.05, 3.63) is 29.8 Å². The molecule has 1 saturated carbocycles. The lowest BCUT2D eigenvalue weighted by Crippen LogP contribution is -2.38. The second kappa shape index (κ2) is 2.75. The summed E-state index contributed by atoms with van der Waals surface area (Å²) in [6.45, 7) is 2.39. The van der Waals surface area contributed by atoms with Crippen LogP contribution in [0.25, 0.3) is 0 Å². The Hall–Kier alpha value is -0.980. The zero-order valence-corrected chi connectivity index (χ0v) is 8.72. The minimum atomic E-state index is 0.349. The van der Waals surface area contributed by atoms with Crippen molar-refractivity contribution in [2.24, 2.45) is 0 Å². The van der Waals surface area contributed by atoms with Crippen molar-refractivity contribution in [1.29, 1.82) is 0 Å². The van der Waals surface area contributed by atoms with E-state index in [1.54, 1.807) is 5.56 Å². The Balaban J connectivity index is 2.07. The lowest BCUT2D eigenvalue weighted by molar-refractivity contribution is 0.315. The summed E-state index contributed by atoms with van der Waals surface area (Å²) in [4.78, 5) is 0. The van der Waals surface area contributed by atoms with Crippen LogP contribution in [0.4, 0.5) is 5.69 Å². The summed E-state index contributed by atoms with van der Waals surface area (Å²) in [5, 5.41) is 3.71. The van der Waals surface area contributed by atoms with Crippen molar-refractivity contribution >= 4 is 5.69 Å². The second-order valence-corrected chi connectivity index (χ2v) is 4.93. The van der Waals surface area contributed by atoms with E-state index >= 15 is 0 Å². The SMILES string of the molecule is CC12CCCCC1c1ccccc1N2. The Morgan fingerprint density at radius 2 is 2.14 bits per heavy atom. The Kier molecular flexibility index (Phi) is 1.64. The monoisotopic (exact) mass is 187 g/mol. The van der Waals surface area contributed by atoms with Crippen molar-refractivity contribution < 1.29 is 0 Å². The van der Waals surface area contributed by atoms with Crippen LogP contribution < -0.4 is 5.32 Å². The predicted molar refractivity (Wildman–Crippen MR) is 59.7 cm³/mol. The second-order valence-electron chi connectivity index (χ2n) is 4.93. The highest BCUT2D eigenvalue weighted by molar-refractivity contribution is 5.61. The molecule has 2 unspecified atom stereocenters. The molecular weight excluding hydrogens is 170 g/mol. The molecule has 2 atom stereocenters. The van der Waals surface area contributed by atoms with Crippen molar-refractivity contribution in [3.63, 3.8) is 0 Å². The van der Waals surface area contributed by atoms with Gasteiger partial charge in [-0.1, -0.05) is 31.0 Å². The van der Waals surface area contributed by atoms with E-state index in [1.807, 2.05) is 0 Å². The first-order valence-electron chi connectivity index (χ1n) is 5.67. The van der Waals surface area contributed by atoms with Crippen LogP contribution in [-0.2, 0) is 0 Å². The molecule has 1 N–H and O–H groups in total. The average molecular weight is 187 g/mol. The third-order valence-electron chi connectivity index (χ3n) is 3.96. The number of benzene rings is 1. The van der Waals surface area contributed by atoms with Gasteiger partial charge in [-0.25, -0.2) is 0 Å². The maximum absolute atomic E-state index is 3.71. The summed E-state index contributed by atoms with van der Waals surface area (Å²) in [6.07, 6.45) is 5.47. The summed E-state index contributed by atoms with van der Waals surface area (Å²) < 4.78 is 0. The highest BCUT2D eigenvalue weighted by Crippen LogP contribution is 2.50. The maximum Gasteiger partial charge on any atom is 0.0414 e. The molecule has 2 aliphatic rings. The average Bonchev–Trinajstić information content (AvgIpc) is 2.49. The van der Waals surface area contributed by atoms with Gasteiger partial charge in [0.1, 0.15) is 0 Å². The fraction of sp³-hybridized carbons (Fsp3) is 0.538. The molecule has 0 saturated heterocycles. The standard InChI is InChI=1S/C13H17N/c1-13-9-5-4-7-11(13)10-6-2-3-8-12(10)14-13/h2-3,6,8,11,14H,4-5,7,9H2,1H3. The number of para-hydroxylation sites is 1. The molecule has 1 heteroatoms. The van der Waals surface area contributed by atoms with E-state index in [1.165, 1.54) is 31.4 Å². The molecule has 74 valence electrons. The maximum atomic E-state index is 3.71. The number of fused-ring (bicyclic) bond motifs is 3. The van der Waals surface area contributed by atoms with Crippen LogP contribution in [0, 0.1) is 0 Å². The van der Waals surface area contributed by atoms with Gasteiger partial charge in [0.15, 0.2) is 0 Å². The van der Waals surface area contributed by atoms with Gasteiger partial charge < -0.3 is 5.32 Å². The zero-order chi connectivity index (χ0) is 9.60. The molecule has 1 aliphatic heterocycles. The Labute approximate surface area is 85.5 Å². The fourth-order valence-electron chi connectivity index (χ4n) is 3.20. The molecule has 0 aromatic heterocycles. The van der Waals surface area contributed by atoms with Crippen molar-refractivity contribution in [2.45, 2.75) is 44.1 Å². The van der Waals surface area contributed by atoms with E-state index in [0.29, 0.717) is 5.54 Å². The first-order valence-corrected chi connectivity index (χ1v) is 5.67. The van der Waals surface area contributed by atoms with E-state index in [-0.39, 0.29) is 0 Å². The molecule has 0 radical (unpaired) electrons. The number of anilines is 1. The van der Waals surface area contributed by atoms with Crippen molar-refractivity contribution in [1.82, 2.24) is 0 Å². The van der Waals surface area contributed by atoms with Crippen LogP contribution in [0.5, 0.6) is 0 Å². The molecular formula is C13H17N. The molecule has 14 heavy (non-hydrogen) atoms.